The van der Waals surface area contributed by atoms with Crippen LogP contribution < -0.4 is 5.73 Å². The molecule has 1 saturated heterocycles. The van der Waals surface area contributed by atoms with Crippen LogP contribution in [0.25, 0.3) is 0 Å². The fourth-order valence-electron chi connectivity index (χ4n) is 2.35. The Balaban J connectivity index is 2.32. The summed E-state index contributed by atoms with van der Waals surface area (Å²) in [4.78, 5) is 0. The van der Waals surface area contributed by atoms with E-state index in [2.05, 4.69) is 0 Å². The van der Waals surface area contributed by atoms with Gasteiger partial charge in [-0.3, -0.25) is 0 Å². The van der Waals surface area contributed by atoms with Crippen LogP contribution in [0.1, 0.15) is 12.8 Å². The fraction of sp³-hybridized carbons (Fsp3) is 0.778. The van der Waals surface area contributed by atoms with E-state index in [9.17, 15) is 15.3 Å². The van der Waals surface area contributed by atoms with Gasteiger partial charge in [-0.2, -0.15) is 0 Å². The molecule has 1 fully saturated rings. The second-order valence-electron chi connectivity index (χ2n) is 4.34. The standard InChI is InChI=1S/C9H15NO4/c10-9(13)3-7(5-11)1-2-8(4-9,6-12)14-7/h1-2,11-13H,3-6,10H2/t7-,8+,9?. The molecular formula is C9H15NO4. The lowest BCUT2D eigenvalue weighted by Gasteiger charge is -2.45. The number of ether oxygens (including phenoxy) is 1. The van der Waals surface area contributed by atoms with Crippen molar-refractivity contribution >= 4 is 0 Å². The summed E-state index contributed by atoms with van der Waals surface area (Å²) in [5.74, 6) is 0. The van der Waals surface area contributed by atoms with Gasteiger partial charge in [-0.05, 0) is 0 Å². The molecule has 0 amide bonds. The van der Waals surface area contributed by atoms with Crippen molar-refractivity contribution in [2.24, 2.45) is 5.73 Å². The Morgan fingerprint density at radius 1 is 1.14 bits per heavy atom. The van der Waals surface area contributed by atoms with Crippen LogP contribution in [0.3, 0.4) is 0 Å². The van der Waals surface area contributed by atoms with Gasteiger partial charge in [0, 0.05) is 12.8 Å². The highest BCUT2D eigenvalue weighted by Crippen LogP contribution is 2.45. The fourth-order valence-corrected chi connectivity index (χ4v) is 2.35. The van der Waals surface area contributed by atoms with Crippen LogP contribution in [-0.2, 0) is 4.74 Å². The molecule has 2 rings (SSSR count). The first-order valence-electron chi connectivity index (χ1n) is 4.58. The average Bonchev–Trinajstić information content (AvgIpc) is 2.40. The topological polar surface area (TPSA) is 95.9 Å². The summed E-state index contributed by atoms with van der Waals surface area (Å²) in [7, 11) is 0. The van der Waals surface area contributed by atoms with Crippen molar-refractivity contribution in [3.8, 4) is 0 Å². The minimum Gasteiger partial charge on any atom is -0.393 e. The number of nitrogens with two attached hydrogens (primary N) is 1. The number of fused-ring (bicyclic) bond motifs is 2. The van der Waals surface area contributed by atoms with E-state index in [-0.39, 0.29) is 26.1 Å². The number of rotatable bonds is 2. The van der Waals surface area contributed by atoms with Gasteiger partial charge in [0.15, 0.2) is 0 Å². The molecule has 2 aliphatic rings. The zero-order chi connectivity index (χ0) is 10.4. The van der Waals surface area contributed by atoms with Crippen LogP contribution >= 0.6 is 0 Å². The minimum atomic E-state index is -1.40. The number of aliphatic hydroxyl groups excluding tert-OH is 2. The van der Waals surface area contributed by atoms with Gasteiger partial charge in [0.25, 0.3) is 0 Å². The summed E-state index contributed by atoms with van der Waals surface area (Å²) < 4.78 is 5.56. The zero-order valence-electron chi connectivity index (χ0n) is 7.81. The van der Waals surface area contributed by atoms with Crippen molar-refractivity contribution in [2.75, 3.05) is 13.2 Å². The van der Waals surface area contributed by atoms with Crippen LogP contribution in [-0.4, -0.2) is 45.5 Å². The molecule has 5 heteroatoms. The molecule has 5 N–H and O–H groups in total. The van der Waals surface area contributed by atoms with Crippen molar-refractivity contribution < 1.29 is 20.1 Å². The van der Waals surface area contributed by atoms with Crippen molar-refractivity contribution in [3.05, 3.63) is 12.2 Å². The number of hydrogen-bond donors (Lipinski definition) is 4. The van der Waals surface area contributed by atoms with Crippen molar-refractivity contribution in [3.63, 3.8) is 0 Å². The van der Waals surface area contributed by atoms with Crippen LogP contribution in [0.5, 0.6) is 0 Å². The smallest absolute Gasteiger partial charge is 0.119 e. The van der Waals surface area contributed by atoms with E-state index in [1.54, 1.807) is 12.2 Å². The van der Waals surface area contributed by atoms with E-state index in [0.29, 0.717) is 0 Å². The van der Waals surface area contributed by atoms with Crippen LogP contribution in [0.4, 0.5) is 0 Å². The van der Waals surface area contributed by atoms with Crippen LogP contribution in [0.15, 0.2) is 12.2 Å². The Kier molecular flexibility index (Phi) is 1.99. The van der Waals surface area contributed by atoms with Gasteiger partial charge < -0.3 is 25.8 Å². The first-order valence-corrected chi connectivity index (χ1v) is 4.58. The Morgan fingerprint density at radius 3 is 1.93 bits per heavy atom. The van der Waals surface area contributed by atoms with E-state index in [1.807, 2.05) is 0 Å². The summed E-state index contributed by atoms with van der Waals surface area (Å²) in [6, 6.07) is 0. The molecule has 5 nitrogen and oxygen atoms in total. The second-order valence-corrected chi connectivity index (χ2v) is 4.34. The molecule has 0 aliphatic carbocycles. The molecule has 2 bridgehead atoms. The maximum atomic E-state index is 9.78. The van der Waals surface area contributed by atoms with Gasteiger partial charge in [-0.1, -0.05) is 12.2 Å². The quantitative estimate of drug-likeness (QED) is 0.321. The average molecular weight is 201 g/mol. The van der Waals surface area contributed by atoms with Crippen molar-refractivity contribution in [1.29, 1.82) is 0 Å². The second kappa shape index (κ2) is 2.77. The highest BCUT2D eigenvalue weighted by Gasteiger charge is 2.55. The lowest BCUT2D eigenvalue weighted by molar-refractivity contribution is -0.215. The lowest BCUT2D eigenvalue weighted by atomic mass is 9.85. The van der Waals surface area contributed by atoms with Gasteiger partial charge in [0.1, 0.15) is 16.9 Å². The Morgan fingerprint density at radius 2 is 1.57 bits per heavy atom. The molecule has 2 heterocycles. The van der Waals surface area contributed by atoms with Crippen LogP contribution in [0, 0.1) is 0 Å². The predicted molar refractivity (Wildman–Crippen MR) is 48.2 cm³/mol. The van der Waals surface area contributed by atoms with Crippen LogP contribution in [0.2, 0.25) is 0 Å². The summed E-state index contributed by atoms with van der Waals surface area (Å²) in [5, 5.41) is 28.2. The van der Waals surface area contributed by atoms with Gasteiger partial charge in [-0.25, -0.2) is 0 Å². The molecule has 0 aromatic carbocycles. The van der Waals surface area contributed by atoms with E-state index in [1.165, 1.54) is 0 Å². The van der Waals surface area contributed by atoms with E-state index in [4.69, 9.17) is 10.5 Å². The summed E-state index contributed by atoms with van der Waals surface area (Å²) in [5.41, 5.74) is 2.39. The van der Waals surface area contributed by atoms with Gasteiger partial charge in [0.05, 0.1) is 13.2 Å². The Bertz CT molecular complexity index is 254. The third-order valence-corrected chi connectivity index (χ3v) is 2.84. The molecule has 0 spiro atoms. The normalized spacial score (nSPS) is 51.1. The zero-order valence-corrected chi connectivity index (χ0v) is 7.81. The SMILES string of the molecule is NC1(O)C[C@@]2(CO)C=C[C@@](CO)(C1)O2. The van der Waals surface area contributed by atoms with Gasteiger partial charge in [-0.15, -0.1) is 0 Å². The van der Waals surface area contributed by atoms with E-state index in [0.717, 1.165) is 0 Å². The number of hydrogen-bond acceptors (Lipinski definition) is 5. The minimum absolute atomic E-state index is 0.148. The van der Waals surface area contributed by atoms with Crippen molar-refractivity contribution in [1.82, 2.24) is 0 Å². The molecule has 2 aliphatic heterocycles. The molecule has 0 radical (unpaired) electrons. The molecular weight excluding hydrogens is 186 g/mol. The lowest BCUT2D eigenvalue weighted by Crippen LogP contribution is -2.60. The molecule has 0 saturated carbocycles. The number of aliphatic hydroxyl groups is 3. The summed E-state index contributed by atoms with van der Waals surface area (Å²) in [6.07, 6.45) is 3.64. The highest BCUT2D eigenvalue weighted by atomic mass is 16.6. The monoisotopic (exact) mass is 201 g/mol. The third-order valence-electron chi connectivity index (χ3n) is 2.84. The molecule has 1 unspecified atom stereocenters. The Labute approximate surface area is 81.8 Å². The molecule has 80 valence electrons. The maximum Gasteiger partial charge on any atom is 0.119 e. The highest BCUT2D eigenvalue weighted by molar-refractivity contribution is 5.24. The van der Waals surface area contributed by atoms with E-state index < -0.39 is 16.9 Å². The first-order chi connectivity index (χ1) is 6.45. The summed E-state index contributed by atoms with van der Waals surface area (Å²) >= 11 is 0. The maximum absolute atomic E-state index is 9.78. The summed E-state index contributed by atoms with van der Waals surface area (Å²) in [6.45, 7) is -0.491. The molecule has 0 aromatic heterocycles. The van der Waals surface area contributed by atoms with E-state index >= 15 is 0 Å². The molecule has 14 heavy (non-hydrogen) atoms. The Hall–Kier alpha value is -0.460. The molecule has 0 aromatic rings. The molecule has 3 atom stereocenters. The largest absolute Gasteiger partial charge is 0.393 e. The third kappa shape index (κ3) is 1.37. The van der Waals surface area contributed by atoms with Gasteiger partial charge in [0.2, 0.25) is 0 Å². The predicted octanol–water partition coefficient (Wildman–Crippen LogP) is -1.52. The van der Waals surface area contributed by atoms with Crippen molar-refractivity contribution in [2.45, 2.75) is 29.8 Å². The first kappa shape index (κ1) is 10.1. The van der Waals surface area contributed by atoms with Gasteiger partial charge >= 0.3 is 0 Å².